The minimum absolute atomic E-state index is 0.0498. The summed E-state index contributed by atoms with van der Waals surface area (Å²) >= 11 is 1.07. The second-order valence-electron chi connectivity index (χ2n) is 8.07. The first-order chi connectivity index (χ1) is 17.8. The van der Waals surface area contributed by atoms with Crippen molar-refractivity contribution in [1.29, 1.82) is 5.26 Å². The molecule has 11 heteroatoms. The van der Waals surface area contributed by atoms with Gasteiger partial charge in [-0.25, -0.2) is 12.8 Å². The van der Waals surface area contributed by atoms with Crippen LogP contribution in [0, 0.1) is 24.1 Å². The average Bonchev–Trinajstić information content (AvgIpc) is 3.41. The van der Waals surface area contributed by atoms with E-state index in [1.165, 1.54) is 30.8 Å². The maximum absolute atomic E-state index is 14.2. The predicted molar refractivity (Wildman–Crippen MR) is 139 cm³/mol. The van der Waals surface area contributed by atoms with E-state index in [1.807, 2.05) is 0 Å². The smallest absolute Gasteiger partial charge is 0.263 e. The van der Waals surface area contributed by atoms with E-state index in [2.05, 4.69) is 26.0 Å². The quantitative estimate of drug-likeness (QED) is 0.305. The van der Waals surface area contributed by atoms with Gasteiger partial charge in [0, 0.05) is 22.7 Å². The average molecular weight is 532 g/mol. The molecule has 8 nitrogen and oxygen atoms in total. The Hall–Kier alpha value is -4.40. The number of nitriles is 1. The zero-order valence-corrected chi connectivity index (χ0v) is 21.2. The highest BCUT2D eigenvalue weighted by Gasteiger charge is 2.20. The summed E-state index contributed by atoms with van der Waals surface area (Å²) in [6.07, 6.45) is 1.56. The second kappa shape index (κ2) is 9.57. The number of pyridine rings is 1. The van der Waals surface area contributed by atoms with Gasteiger partial charge in [0.1, 0.15) is 17.1 Å². The van der Waals surface area contributed by atoms with Crippen molar-refractivity contribution in [3.63, 3.8) is 0 Å². The lowest BCUT2D eigenvalue weighted by atomic mass is 9.94. The molecule has 0 aliphatic rings. The number of nitrogens with zero attached hydrogens (tertiary/aromatic N) is 4. The van der Waals surface area contributed by atoms with Gasteiger partial charge in [0.25, 0.3) is 10.0 Å². The molecule has 0 fully saturated rings. The van der Waals surface area contributed by atoms with E-state index in [0.29, 0.717) is 50.0 Å². The van der Waals surface area contributed by atoms with Crippen LogP contribution in [0.4, 0.5) is 9.52 Å². The highest BCUT2D eigenvalue weighted by atomic mass is 32.2. The molecule has 2 heterocycles. The number of methoxy groups -OCH3 is 1. The molecule has 37 heavy (non-hydrogen) atoms. The minimum atomic E-state index is -3.88. The number of benzene rings is 3. The second-order valence-corrected chi connectivity index (χ2v) is 10.6. The Morgan fingerprint density at radius 2 is 1.92 bits per heavy atom. The summed E-state index contributed by atoms with van der Waals surface area (Å²) in [5.41, 5.74) is 4.38. The molecule has 0 saturated carbocycles. The highest BCUT2D eigenvalue weighted by molar-refractivity contribution is 7.93. The topological polar surface area (TPSA) is 118 Å². The molecule has 0 atom stereocenters. The molecule has 0 radical (unpaired) electrons. The van der Waals surface area contributed by atoms with Gasteiger partial charge in [-0.3, -0.25) is 9.71 Å². The highest BCUT2D eigenvalue weighted by Crippen LogP contribution is 2.39. The van der Waals surface area contributed by atoms with Gasteiger partial charge in [-0.2, -0.15) is 5.26 Å². The maximum atomic E-state index is 14.2. The summed E-state index contributed by atoms with van der Waals surface area (Å²) in [6, 6.07) is 16.7. The Balaban J connectivity index is 1.63. The Morgan fingerprint density at radius 3 is 2.62 bits per heavy atom. The number of hydrogen-bond acceptors (Lipinski definition) is 8. The third-order valence-corrected chi connectivity index (χ3v) is 7.90. The third-order valence-electron chi connectivity index (χ3n) is 5.83. The van der Waals surface area contributed by atoms with Crippen LogP contribution in [0.1, 0.15) is 11.1 Å². The molecule has 184 valence electrons. The summed E-state index contributed by atoms with van der Waals surface area (Å²) < 4.78 is 48.0. The van der Waals surface area contributed by atoms with Crippen molar-refractivity contribution in [2.45, 2.75) is 11.8 Å². The molecule has 0 saturated heterocycles. The van der Waals surface area contributed by atoms with E-state index >= 15 is 0 Å². The summed E-state index contributed by atoms with van der Waals surface area (Å²) in [5, 5.41) is 18.7. The first-order valence-electron chi connectivity index (χ1n) is 10.9. The number of aromatic nitrogens is 3. The van der Waals surface area contributed by atoms with Gasteiger partial charge in [-0.1, -0.05) is 29.5 Å². The maximum Gasteiger partial charge on any atom is 0.263 e. The lowest BCUT2D eigenvalue weighted by Crippen LogP contribution is -2.12. The number of aryl methyl sites for hydroxylation is 1. The van der Waals surface area contributed by atoms with Crippen molar-refractivity contribution in [3.05, 3.63) is 83.2 Å². The number of fused-ring (bicyclic) bond motifs is 1. The Labute approximate surface area is 216 Å². The largest absolute Gasteiger partial charge is 0.496 e. The third kappa shape index (κ3) is 4.60. The molecule has 0 aliphatic carbocycles. The molecular formula is C26H18FN5O3S2. The molecule has 5 aromatic rings. The monoisotopic (exact) mass is 531 g/mol. The lowest BCUT2D eigenvalue weighted by Gasteiger charge is -2.15. The van der Waals surface area contributed by atoms with E-state index in [-0.39, 0.29) is 15.8 Å². The minimum Gasteiger partial charge on any atom is -0.496 e. The van der Waals surface area contributed by atoms with Crippen molar-refractivity contribution >= 4 is 37.3 Å². The van der Waals surface area contributed by atoms with Crippen LogP contribution < -0.4 is 9.46 Å². The number of nitrogens with one attached hydrogen (secondary N) is 1. The van der Waals surface area contributed by atoms with Crippen molar-refractivity contribution < 1.29 is 17.5 Å². The SMILES string of the molecule is COc1cc(-c2ccc(C)c(F)c2)c(C#N)cc1-c1nccc2cc(S(=O)(=O)Nc3nncs3)ccc12. The molecule has 0 spiro atoms. The summed E-state index contributed by atoms with van der Waals surface area (Å²) in [4.78, 5) is 4.56. The molecule has 0 aliphatic heterocycles. The zero-order valence-electron chi connectivity index (χ0n) is 19.6. The Kier molecular flexibility index (Phi) is 6.29. The van der Waals surface area contributed by atoms with Gasteiger partial charge in [-0.15, -0.1) is 10.2 Å². The van der Waals surface area contributed by atoms with Crippen molar-refractivity contribution in [3.8, 4) is 34.2 Å². The van der Waals surface area contributed by atoms with Crippen molar-refractivity contribution in [1.82, 2.24) is 15.2 Å². The van der Waals surface area contributed by atoms with Gasteiger partial charge >= 0.3 is 0 Å². The Bertz CT molecular complexity index is 1800. The predicted octanol–water partition coefficient (Wildman–Crippen LogP) is 5.55. The normalized spacial score (nSPS) is 11.3. The fourth-order valence-electron chi connectivity index (χ4n) is 3.95. The van der Waals surface area contributed by atoms with E-state index in [0.717, 1.165) is 11.3 Å². The molecule has 0 unspecified atom stereocenters. The van der Waals surface area contributed by atoms with Gasteiger partial charge < -0.3 is 4.74 Å². The molecule has 3 aromatic carbocycles. The Morgan fingerprint density at radius 1 is 1.08 bits per heavy atom. The molecule has 5 rings (SSSR count). The number of ether oxygens (including phenoxy) is 1. The van der Waals surface area contributed by atoms with Crippen LogP contribution in [0.2, 0.25) is 0 Å². The van der Waals surface area contributed by atoms with Gasteiger partial charge in [0.05, 0.1) is 29.3 Å². The molecule has 1 N–H and O–H groups in total. The zero-order chi connectivity index (χ0) is 26.2. The summed E-state index contributed by atoms with van der Waals surface area (Å²) in [6.45, 7) is 1.67. The number of anilines is 1. The van der Waals surface area contributed by atoms with Crippen LogP contribution in [0.3, 0.4) is 0 Å². The molecule has 0 bridgehead atoms. The van der Waals surface area contributed by atoms with E-state index in [4.69, 9.17) is 4.74 Å². The summed E-state index contributed by atoms with van der Waals surface area (Å²) in [5.74, 6) is 0.0659. The molecular weight excluding hydrogens is 513 g/mol. The van der Waals surface area contributed by atoms with Crippen LogP contribution in [-0.4, -0.2) is 30.7 Å². The number of halogens is 1. The van der Waals surface area contributed by atoms with Crippen molar-refractivity contribution in [2.24, 2.45) is 0 Å². The molecule has 2 aromatic heterocycles. The van der Waals surface area contributed by atoms with E-state index in [1.54, 1.807) is 49.5 Å². The van der Waals surface area contributed by atoms with Crippen LogP contribution in [0.15, 0.2) is 71.2 Å². The number of rotatable bonds is 6. The fraction of sp³-hybridized carbons (Fsp3) is 0.0769. The van der Waals surface area contributed by atoms with Gasteiger partial charge in [0.2, 0.25) is 5.13 Å². The van der Waals surface area contributed by atoms with E-state index in [9.17, 15) is 18.1 Å². The van der Waals surface area contributed by atoms with Crippen molar-refractivity contribution in [2.75, 3.05) is 11.8 Å². The summed E-state index contributed by atoms with van der Waals surface area (Å²) in [7, 11) is -2.38. The van der Waals surface area contributed by atoms with Gasteiger partial charge in [0.15, 0.2) is 0 Å². The van der Waals surface area contributed by atoms with Crippen LogP contribution in [-0.2, 0) is 10.0 Å². The van der Waals surface area contributed by atoms with Crippen LogP contribution in [0.5, 0.6) is 5.75 Å². The number of hydrogen-bond donors (Lipinski definition) is 1. The van der Waals surface area contributed by atoms with Crippen LogP contribution in [0.25, 0.3) is 33.2 Å². The van der Waals surface area contributed by atoms with Crippen LogP contribution >= 0.6 is 11.3 Å². The standard InChI is InChI=1S/C26H18FN5O3S2/c1-15-3-4-16(11-23(15)27)21-12-24(35-2)22(10-18(21)13-28)25-20-6-5-19(9-17(20)7-8-29-25)37(33,34)32-26-31-30-14-36-26/h3-12,14H,1-2H3,(H,31,32). The fourth-order valence-corrected chi connectivity index (χ4v) is 5.68. The lowest BCUT2D eigenvalue weighted by molar-refractivity contribution is 0.416. The molecule has 0 amide bonds. The first-order valence-corrected chi connectivity index (χ1v) is 13.2. The number of sulfonamides is 1. The first kappa shape index (κ1) is 24.3. The van der Waals surface area contributed by atoms with E-state index < -0.39 is 10.0 Å². The van der Waals surface area contributed by atoms with Gasteiger partial charge in [-0.05, 0) is 59.8 Å².